The first-order valence-corrected chi connectivity index (χ1v) is 4.70. The summed E-state index contributed by atoms with van der Waals surface area (Å²) in [5.74, 6) is 0. The fourth-order valence-corrected chi connectivity index (χ4v) is 1.56. The number of hydrogen-bond acceptors (Lipinski definition) is 1. The van der Waals surface area contributed by atoms with Crippen LogP contribution in [0.5, 0.6) is 0 Å². The van der Waals surface area contributed by atoms with Gasteiger partial charge in [-0.1, -0.05) is 35.9 Å². The van der Waals surface area contributed by atoms with E-state index in [1.807, 2.05) is 0 Å². The monoisotopic (exact) mass is 174 g/mol. The largest absolute Gasteiger partial charge is 0.377 e. The molecule has 1 nitrogen and oxygen atoms in total. The molecule has 0 unspecified atom stereocenters. The predicted molar refractivity (Wildman–Crippen MR) is 54.6 cm³/mol. The van der Waals surface area contributed by atoms with E-state index in [-0.39, 0.29) is 0 Å². The molecule has 13 heavy (non-hydrogen) atoms. The summed E-state index contributed by atoms with van der Waals surface area (Å²) in [7, 11) is 0. The number of ether oxygens (including phenoxy) is 1. The van der Waals surface area contributed by atoms with Crippen LogP contribution in [0.25, 0.3) is 5.57 Å². The fourth-order valence-electron chi connectivity index (χ4n) is 1.56. The lowest BCUT2D eigenvalue weighted by Gasteiger charge is -2.13. The predicted octanol–water partition coefficient (Wildman–Crippen LogP) is 2.80. The second-order valence-electron chi connectivity index (χ2n) is 3.42. The number of benzene rings is 1. The average Bonchev–Trinajstić information content (AvgIpc) is 2.20. The SMILES string of the molecule is Cc1ccc(C2=CCOCC2)cc1. The molecule has 0 saturated heterocycles. The molecule has 0 spiro atoms. The molecule has 0 fully saturated rings. The van der Waals surface area contributed by atoms with Crippen molar-refractivity contribution in [2.75, 3.05) is 13.2 Å². The van der Waals surface area contributed by atoms with Crippen LogP contribution in [0.2, 0.25) is 0 Å². The van der Waals surface area contributed by atoms with Gasteiger partial charge in [0.05, 0.1) is 13.2 Å². The van der Waals surface area contributed by atoms with Crippen LogP contribution in [-0.2, 0) is 4.74 Å². The van der Waals surface area contributed by atoms with Crippen molar-refractivity contribution in [3.05, 3.63) is 41.5 Å². The van der Waals surface area contributed by atoms with Crippen LogP contribution in [-0.4, -0.2) is 13.2 Å². The van der Waals surface area contributed by atoms with E-state index < -0.39 is 0 Å². The van der Waals surface area contributed by atoms with Crippen molar-refractivity contribution in [2.45, 2.75) is 13.3 Å². The molecule has 0 atom stereocenters. The normalized spacial score (nSPS) is 16.8. The van der Waals surface area contributed by atoms with Gasteiger partial charge in [-0.25, -0.2) is 0 Å². The topological polar surface area (TPSA) is 9.23 Å². The van der Waals surface area contributed by atoms with Crippen LogP contribution in [0.1, 0.15) is 17.5 Å². The van der Waals surface area contributed by atoms with Crippen molar-refractivity contribution in [2.24, 2.45) is 0 Å². The van der Waals surface area contributed by atoms with E-state index in [4.69, 9.17) is 4.74 Å². The Morgan fingerprint density at radius 1 is 1.15 bits per heavy atom. The minimum Gasteiger partial charge on any atom is -0.377 e. The Morgan fingerprint density at radius 3 is 2.54 bits per heavy atom. The van der Waals surface area contributed by atoms with Crippen molar-refractivity contribution in [1.29, 1.82) is 0 Å². The van der Waals surface area contributed by atoms with Gasteiger partial charge in [0.15, 0.2) is 0 Å². The molecule has 1 aliphatic heterocycles. The third kappa shape index (κ3) is 1.99. The number of hydrogen-bond donors (Lipinski definition) is 0. The summed E-state index contributed by atoms with van der Waals surface area (Å²) in [4.78, 5) is 0. The molecule has 0 aromatic heterocycles. The van der Waals surface area contributed by atoms with Crippen molar-refractivity contribution in [3.63, 3.8) is 0 Å². The highest BCUT2D eigenvalue weighted by molar-refractivity contribution is 5.66. The quantitative estimate of drug-likeness (QED) is 0.636. The summed E-state index contributed by atoms with van der Waals surface area (Å²) >= 11 is 0. The van der Waals surface area contributed by atoms with Gasteiger partial charge in [-0.2, -0.15) is 0 Å². The van der Waals surface area contributed by atoms with Gasteiger partial charge in [-0.15, -0.1) is 0 Å². The van der Waals surface area contributed by atoms with Gasteiger partial charge in [0.25, 0.3) is 0 Å². The van der Waals surface area contributed by atoms with Crippen molar-refractivity contribution in [1.82, 2.24) is 0 Å². The zero-order chi connectivity index (χ0) is 9.10. The maximum absolute atomic E-state index is 5.27. The van der Waals surface area contributed by atoms with Crippen LogP contribution in [0.15, 0.2) is 30.3 Å². The molecule has 0 aliphatic carbocycles. The molecular formula is C12H14O. The Labute approximate surface area is 79.0 Å². The van der Waals surface area contributed by atoms with Crippen LogP contribution < -0.4 is 0 Å². The molecule has 1 aromatic rings. The summed E-state index contributed by atoms with van der Waals surface area (Å²) in [6, 6.07) is 8.69. The van der Waals surface area contributed by atoms with Crippen LogP contribution in [0, 0.1) is 6.92 Å². The van der Waals surface area contributed by atoms with Crippen molar-refractivity contribution < 1.29 is 4.74 Å². The van der Waals surface area contributed by atoms with Gasteiger partial charge in [0, 0.05) is 0 Å². The molecular weight excluding hydrogens is 160 g/mol. The Hall–Kier alpha value is -1.08. The van der Waals surface area contributed by atoms with Gasteiger partial charge in [-0.05, 0) is 24.5 Å². The molecule has 1 heterocycles. The zero-order valence-corrected chi connectivity index (χ0v) is 7.92. The molecule has 0 saturated carbocycles. The van der Waals surface area contributed by atoms with Gasteiger partial charge in [0.2, 0.25) is 0 Å². The smallest absolute Gasteiger partial charge is 0.0653 e. The molecule has 1 aromatic carbocycles. The van der Waals surface area contributed by atoms with E-state index in [1.54, 1.807) is 0 Å². The molecule has 1 heteroatoms. The van der Waals surface area contributed by atoms with E-state index in [1.165, 1.54) is 16.7 Å². The van der Waals surface area contributed by atoms with E-state index in [2.05, 4.69) is 37.3 Å². The Morgan fingerprint density at radius 2 is 1.92 bits per heavy atom. The molecule has 0 N–H and O–H groups in total. The Balaban J connectivity index is 2.24. The Kier molecular flexibility index (Phi) is 2.46. The second kappa shape index (κ2) is 3.75. The average molecular weight is 174 g/mol. The van der Waals surface area contributed by atoms with E-state index in [9.17, 15) is 0 Å². The minimum atomic E-state index is 0.767. The lowest BCUT2D eigenvalue weighted by Crippen LogP contribution is -2.03. The van der Waals surface area contributed by atoms with E-state index >= 15 is 0 Å². The van der Waals surface area contributed by atoms with Gasteiger partial charge < -0.3 is 4.74 Å². The van der Waals surface area contributed by atoms with Crippen molar-refractivity contribution >= 4 is 5.57 Å². The van der Waals surface area contributed by atoms with Gasteiger partial charge >= 0.3 is 0 Å². The summed E-state index contributed by atoms with van der Waals surface area (Å²) in [5, 5.41) is 0. The fraction of sp³-hybridized carbons (Fsp3) is 0.333. The number of rotatable bonds is 1. The van der Waals surface area contributed by atoms with Crippen LogP contribution in [0.3, 0.4) is 0 Å². The molecule has 68 valence electrons. The summed E-state index contributed by atoms with van der Waals surface area (Å²) in [6.45, 7) is 3.74. The first-order valence-electron chi connectivity index (χ1n) is 4.70. The summed E-state index contributed by atoms with van der Waals surface area (Å²) < 4.78 is 5.27. The van der Waals surface area contributed by atoms with Gasteiger partial charge in [0.1, 0.15) is 0 Å². The highest BCUT2D eigenvalue weighted by atomic mass is 16.5. The maximum atomic E-state index is 5.27. The van der Waals surface area contributed by atoms with Gasteiger partial charge in [-0.3, -0.25) is 0 Å². The molecule has 0 radical (unpaired) electrons. The second-order valence-corrected chi connectivity index (χ2v) is 3.42. The Bertz CT molecular complexity index is 308. The minimum absolute atomic E-state index is 0.767. The zero-order valence-electron chi connectivity index (χ0n) is 7.92. The lowest BCUT2D eigenvalue weighted by atomic mass is 10.0. The van der Waals surface area contributed by atoms with Crippen molar-refractivity contribution in [3.8, 4) is 0 Å². The summed E-state index contributed by atoms with van der Waals surface area (Å²) in [6.07, 6.45) is 3.22. The third-order valence-electron chi connectivity index (χ3n) is 2.39. The lowest BCUT2D eigenvalue weighted by molar-refractivity contribution is 0.161. The molecule has 1 aliphatic rings. The van der Waals surface area contributed by atoms with E-state index in [0.29, 0.717) is 0 Å². The first kappa shape index (κ1) is 8.52. The maximum Gasteiger partial charge on any atom is 0.0653 e. The van der Waals surface area contributed by atoms with E-state index in [0.717, 1.165) is 19.6 Å². The highest BCUT2D eigenvalue weighted by Crippen LogP contribution is 2.21. The standard InChI is InChI=1S/C12H14O/c1-10-2-4-11(5-3-10)12-6-8-13-9-7-12/h2-6H,7-9H2,1H3. The number of aryl methyl sites for hydroxylation is 1. The third-order valence-corrected chi connectivity index (χ3v) is 2.39. The molecule has 2 rings (SSSR count). The summed E-state index contributed by atoms with van der Waals surface area (Å²) in [5.41, 5.74) is 4.08. The molecule has 0 amide bonds. The molecule has 0 bridgehead atoms. The van der Waals surface area contributed by atoms with Crippen LogP contribution in [0.4, 0.5) is 0 Å². The van der Waals surface area contributed by atoms with Crippen LogP contribution >= 0.6 is 0 Å². The first-order chi connectivity index (χ1) is 6.36. The highest BCUT2D eigenvalue weighted by Gasteiger charge is 2.04.